The number of benzene rings is 1. The Kier molecular flexibility index (Phi) is 3.74. The second-order valence-corrected chi connectivity index (χ2v) is 4.24. The Labute approximate surface area is 97.9 Å². The standard InChI is InChI=1S/C11H14BrNO2/c1-6-5-9(12)11(15-4)7(2)10(6)13-8(3)14/h5H,1-4H3,(H,13,14). The van der Waals surface area contributed by atoms with Crippen LogP contribution in [0.5, 0.6) is 5.75 Å². The van der Waals surface area contributed by atoms with Gasteiger partial charge in [0.1, 0.15) is 5.75 Å². The number of ether oxygens (including phenoxy) is 1. The minimum absolute atomic E-state index is 0.0782. The highest BCUT2D eigenvalue weighted by molar-refractivity contribution is 9.10. The van der Waals surface area contributed by atoms with Crippen LogP contribution in [0.3, 0.4) is 0 Å². The lowest BCUT2D eigenvalue weighted by Crippen LogP contribution is -2.09. The third-order valence-corrected chi connectivity index (χ3v) is 2.76. The van der Waals surface area contributed by atoms with Gasteiger partial charge in [0.2, 0.25) is 5.91 Å². The molecule has 82 valence electrons. The molecule has 0 saturated carbocycles. The number of aryl methyl sites for hydroxylation is 1. The van der Waals surface area contributed by atoms with Crippen molar-refractivity contribution in [2.75, 3.05) is 12.4 Å². The molecule has 0 fully saturated rings. The van der Waals surface area contributed by atoms with Gasteiger partial charge in [-0.15, -0.1) is 0 Å². The van der Waals surface area contributed by atoms with Crippen LogP contribution in [-0.2, 0) is 4.79 Å². The van der Waals surface area contributed by atoms with Crippen molar-refractivity contribution < 1.29 is 9.53 Å². The van der Waals surface area contributed by atoms with Crippen molar-refractivity contribution in [3.63, 3.8) is 0 Å². The number of halogens is 1. The number of hydrogen-bond donors (Lipinski definition) is 1. The Morgan fingerprint density at radius 1 is 1.47 bits per heavy atom. The lowest BCUT2D eigenvalue weighted by atomic mass is 10.1. The van der Waals surface area contributed by atoms with E-state index in [1.165, 1.54) is 6.92 Å². The highest BCUT2D eigenvalue weighted by Crippen LogP contribution is 2.36. The fourth-order valence-corrected chi connectivity index (χ4v) is 2.34. The van der Waals surface area contributed by atoms with Crippen LogP contribution in [0.4, 0.5) is 5.69 Å². The summed E-state index contributed by atoms with van der Waals surface area (Å²) in [5.74, 6) is 0.676. The Balaban J connectivity index is 3.32. The van der Waals surface area contributed by atoms with E-state index < -0.39 is 0 Å². The number of nitrogens with one attached hydrogen (secondary N) is 1. The number of anilines is 1. The molecule has 4 heteroatoms. The zero-order valence-electron chi connectivity index (χ0n) is 9.27. The van der Waals surface area contributed by atoms with E-state index in [4.69, 9.17) is 4.74 Å². The van der Waals surface area contributed by atoms with Gasteiger partial charge in [-0.1, -0.05) is 0 Å². The summed E-state index contributed by atoms with van der Waals surface area (Å²) in [5, 5.41) is 2.80. The van der Waals surface area contributed by atoms with Crippen molar-refractivity contribution in [2.45, 2.75) is 20.8 Å². The molecule has 1 aromatic rings. The summed E-state index contributed by atoms with van der Waals surface area (Å²) in [6, 6.07) is 1.93. The molecule has 0 aliphatic heterocycles. The minimum atomic E-state index is -0.0782. The summed E-state index contributed by atoms with van der Waals surface area (Å²) in [4.78, 5) is 11.0. The summed E-state index contributed by atoms with van der Waals surface area (Å²) in [6.45, 7) is 5.36. The molecule has 1 aromatic carbocycles. The molecule has 0 atom stereocenters. The molecule has 0 radical (unpaired) electrons. The number of carbonyl (C=O) groups is 1. The van der Waals surface area contributed by atoms with Gasteiger partial charge in [-0.2, -0.15) is 0 Å². The lowest BCUT2D eigenvalue weighted by molar-refractivity contribution is -0.114. The largest absolute Gasteiger partial charge is 0.495 e. The van der Waals surface area contributed by atoms with Gasteiger partial charge in [0.15, 0.2) is 0 Å². The van der Waals surface area contributed by atoms with Crippen molar-refractivity contribution in [2.24, 2.45) is 0 Å². The maximum absolute atomic E-state index is 11.0. The van der Waals surface area contributed by atoms with Crippen molar-refractivity contribution >= 4 is 27.5 Å². The van der Waals surface area contributed by atoms with Crippen molar-refractivity contribution in [1.82, 2.24) is 0 Å². The Bertz CT molecular complexity index is 402. The molecule has 0 saturated heterocycles. The first-order chi connectivity index (χ1) is 6.97. The Morgan fingerprint density at radius 2 is 2.07 bits per heavy atom. The maximum atomic E-state index is 11.0. The minimum Gasteiger partial charge on any atom is -0.495 e. The summed E-state index contributed by atoms with van der Waals surface area (Å²) in [5.41, 5.74) is 2.76. The van der Waals surface area contributed by atoms with Crippen molar-refractivity contribution in [3.8, 4) is 5.75 Å². The highest BCUT2D eigenvalue weighted by atomic mass is 79.9. The van der Waals surface area contributed by atoms with Gasteiger partial charge in [0.05, 0.1) is 17.3 Å². The van der Waals surface area contributed by atoms with Crippen LogP contribution in [0.15, 0.2) is 10.5 Å². The van der Waals surface area contributed by atoms with Gasteiger partial charge in [-0.05, 0) is 41.4 Å². The molecule has 1 rings (SSSR count). The van der Waals surface area contributed by atoms with E-state index in [-0.39, 0.29) is 5.91 Å². The number of hydrogen-bond acceptors (Lipinski definition) is 2. The molecule has 15 heavy (non-hydrogen) atoms. The van der Waals surface area contributed by atoms with Gasteiger partial charge >= 0.3 is 0 Å². The van der Waals surface area contributed by atoms with Crippen LogP contribution in [0, 0.1) is 13.8 Å². The number of rotatable bonds is 2. The van der Waals surface area contributed by atoms with Crippen LogP contribution in [0.1, 0.15) is 18.1 Å². The second-order valence-electron chi connectivity index (χ2n) is 3.39. The zero-order valence-corrected chi connectivity index (χ0v) is 10.9. The molecular weight excluding hydrogens is 258 g/mol. The topological polar surface area (TPSA) is 38.3 Å². The van der Waals surface area contributed by atoms with Crippen LogP contribution >= 0.6 is 15.9 Å². The predicted molar refractivity (Wildman–Crippen MR) is 64.5 cm³/mol. The SMILES string of the molecule is COc1c(Br)cc(C)c(NC(C)=O)c1C. The summed E-state index contributed by atoms with van der Waals surface area (Å²) < 4.78 is 6.15. The highest BCUT2D eigenvalue weighted by Gasteiger charge is 2.12. The van der Waals surface area contributed by atoms with E-state index >= 15 is 0 Å². The Hall–Kier alpha value is -1.03. The second kappa shape index (κ2) is 4.66. The molecule has 0 aliphatic carbocycles. The third kappa shape index (κ3) is 2.50. The summed E-state index contributed by atoms with van der Waals surface area (Å²) in [7, 11) is 1.61. The van der Waals surface area contributed by atoms with E-state index in [1.807, 2.05) is 19.9 Å². The molecule has 0 heterocycles. The molecular formula is C11H14BrNO2. The molecule has 0 bridgehead atoms. The fraction of sp³-hybridized carbons (Fsp3) is 0.364. The molecule has 0 spiro atoms. The quantitative estimate of drug-likeness (QED) is 0.898. The van der Waals surface area contributed by atoms with Gasteiger partial charge < -0.3 is 10.1 Å². The van der Waals surface area contributed by atoms with Gasteiger partial charge in [0, 0.05) is 12.5 Å². The monoisotopic (exact) mass is 271 g/mol. The van der Waals surface area contributed by atoms with E-state index in [0.717, 1.165) is 27.0 Å². The van der Waals surface area contributed by atoms with Crippen LogP contribution in [0.2, 0.25) is 0 Å². The Morgan fingerprint density at radius 3 is 2.53 bits per heavy atom. The summed E-state index contributed by atoms with van der Waals surface area (Å²) in [6.07, 6.45) is 0. The fourth-order valence-electron chi connectivity index (χ4n) is 1.54. The molecule has 0 aromatic heterocycles. The first-order valence-corrected chi connectivity index (χ1v) is 5.38. The summed E-state index contributed by atoms with van der Waals surface area (Å²) >= 11 is 3.42. The van der Waals surface area contributed by atoms with Gasteiger partial charge in [0.25, 0.3) is 0 Å². The predicted octanol–water partition coefficient (Wildman–Crippen LogP) is 3.03. The maximum Gasteiger partial charge on any atom is 0.221 e. The van der Waals surface area contributed by atoms with E-state index in [9.17, 15) is 4.79 Å². The van der Waals surface area contributed by atoms with Crippen molar-refractivity contribution in [1.29, 1.82) is 0 Å². The van der Waals surface area contributed by atoms with Crippen LogP contribution < -0.4 is 10.1 Å². The van der Waals surface area contributed by atoms with E-state index in [0.29, 0.717) is 0 Å². The molecule has 3 nitrogen and oxygen atoms in total. The van der Waals surface area contributed by atoms with E-state index in [1.54, 1.807) is 7.11 Å². The molecule has 1 amide bonds. The molecule has 1 N–H and O–H groups in total. The first-order valence-electron chi connectivity index (χ1n) is 4.58. The smallest absolute Gasteiger partial charge is 0.221 e. The van der Waals surface area contributed by atoms with Gasteiger partial charge in [-0.25, -0.2) is 0 Å². The van der Waals surface area contributed by atoms with Crippen LogP contribution in [-0.4, -0.2) is 13.0 Å². The number of carbonyl (C=O) groups excluding carboxylic acids is 1. The third-order valence-electron chi connectivity index (χ3n) is 2.18. The van der Waals surface area contributed by atoms with E-state index in [2.05, 4.69) is 21.2 Å². The van der Waals surface area contributed by atoms with Crippen LogP contribution in [0.25, 0.3) is 0 Å². The molecule has 0 aliphatic rings. The van der Waals surface area contributed by atoms with Crippen molar-refractivity contribution in [3.05, 3.63) is 21.7 Å². The average molecular weight is 272 g/mol. The first kappa shape index (κ1) is 12.0. The average Bonchev–Trinajstić information content (AvgIpc) is 2.12. The lowest BCUT2D eigenvalue weighted by Gasteiger charge is -2.15. The molecule has 0 unspecified atom stereocenters. The van der Waals surface area contributed by atoms with Gasteiger partial charge in [-0.3, -0.25) is 4.79 Å². The zero-order chi connectivity index (χ0) is 11.6. The number of methoxy groups -OCH3 is 1. The normalized spacial score (nSPS) is 9.93. The number of amides is 1.